The van der Waals surface area contributed by atoms with Crippen LogP contribution < -0.4 is 0 Å². The van der Waals surface area contributed by atoms with E-state index in [1.54, 1.807) is 4.92 Å². The molecule has 2 unspecified atom stereocenters. The number of phenols is 1. The molecule has 0 radical (unpaired) electrons. The molecule has 0 spiro atoms. The van der Waals surface area contributed by atoms with Crippen LogP contribution in [0.25, 0.3) is 11.5 Å². The number of hydrogen-bond donors (Lipinski definition) is 1. The Bertz CT molecular complexity index is 581. The molecule has 1 aromatic rings. The maximum absolute atomic E-state index is 10.3. The number of benzene rings is 1. The van der Waals surface area contributed by atoms with Crippen molar-refractivity contribution >= 4 is 17.3 Å². The number of halogens is 1. The molecule has 0 heterocycles. The van der Waals surface area contributed by atoms with Gasteiger partial charge in [-0.15, -0.1) is 12.4 Å². The average Bonchev–Trinajstić information content (AvgIpc) is 2.49. The quantitative estimate of drug-likeness (QED) is 0.516. The summed E-state index contributed by atoms with van der Waals surface area (Å²) in [5.41, 5.74) is 17.7. The molecule has 2 atom stereocenters. The van der Waals surface area contributed by atoms with Crippen LogP contribution in [-0.4, -0.2) is 22.1 Å². The zero-order valence-corrected chi connectivity index (χ0v) is 18.9. The molecule has 0 bridgehead atoms. The Kier molecular flexibility index (Phi) is 10.1. The third-order valence-electron chi connectivity index (χ3n) is 4.70. The molecule has 1 fully saturated rings. The summed E-state index contributed by atoms with van der Waals surface area (Å²) in [6, 6.07) is 4.00. The first-order valence-corrected chi connectivity index (χ1v) is 9.79. The first kappa shape index (κ1) is 25.6. The molecule has 5 heteroatoms. The van der Waals surface area contributed by atoms with Crippen molar-refractivity contribution in [1.29, 1.82) is 0 Å². The van der Waals surface area contributed by atoms with Crippen molar-refractivity contribution in [3.05, 3.63) is 40.3 Å². The second-order valence-electron chi connectivity index (χ2n) is 9.07. The van der Waals surface area contributed by atoms with E-state index in [4.69, 9.17) is 11.5 Å². The molecular formula is C21H35ClMnN2O-2. The molecule has 0 amide bonds. The van der Waals surface area contributed by atoms with Gasteiger partial charge in [0.25, 0.3) is 0 Å². The van der Waals surface area contributed by atoms with Crippen LogP contribution in [0.2, 0.25) is 0 Å². The first-order chi connectivity index (χ1) is 11.4. The summed E-state index contributed by atoms with van der Waals surface area (Å²) < 4.78 is 0. The molecule has 1 aromatic carbocycles. The number of nitrogens with one attached hydrogen (secondary N) is 2. The van der Waals surface area contributed by atoms with Crippen LogP contribution >= 0.6 is 12.4 Å². The maximum atomic E-state index is 10.3. The molecule has 0 aromatic heterocycles. The van der Waals surface area contributed by atoms with Crippen LogP contribution in [-0.2, 0) is 26.4 Å². The largest absolute Gasteiger partial charge is 0.676 e. The summed E-state index contributed by atoms with van der Waals surface area (Å²) >= 11 is 3.33. The van der Waals surface area contributed by atoms with Crippen LogP contribution in [0, 0.1) is 0 Å². The third kappa shape index (κ3) is 7.32. The summed E-state index contributed by atoms with van der Waals surface area (Å²) in [6.07, 6.45) is 4.25. The molecule has 26 heavy (non-hydrogen) atoms. The Morgan fingerprint density at radius 3 is 1.73 bits per heavy atom. The van der Waals surface area contributed by atoms with Gasteiger partial charge in [-0.1, -0.05) is 25.7 Å². The van der Waals surface area contributed by atoms with Gasteiger partial charge >= 0.3 is 113 Å². The number of hydrogen-bond acceptors (Lipinski definition) is 1. The molecule has 1 aliphatic rings. The normalized spacial score (nSPS) is 20.5. The van der Waals surface area contributed by atoms with Gasteiger partial charge in [0.05, 0.1) is 0 Å². The zero-order chi connectivity index (χ0) is 19.4. The molecule has 1 saturated carbocycles. The molecule has 1 aliphatic carbocycles. The predicted molar refractivity (Wildman–Crippen MR) is 113 cm³/mol. The number of phenolic OH excluding ortho intramolecular Hbond substituents is 1. The van der Waals surface area contributed by atoms with Crippen LogP contribution in [0.4, 0.5) is 0 Å². The minimum Gasteiger partial charge on any atom is -0.676 e. The van der Waals surface area contributed by atoms with Crippen molar-refractivity contribution in [2.45, 2.75) is 90.1 Å². The summed E-state index contributed by atoms with van der Waals surface area (Å²) in [5.74, 6) is 0.377. The Labute approximate surface area is 174 Å². The molecule has 0 saturated heterocycles. The van der Waals surface area contributed by atoms with Crippen molar-refractivity contribution < 1.29 is 20.7 Å². The monoisotopic (exact) mass is 421 g/mol. The van der Waals surface area contributed by atoms with E-state index >= 15 is 0 Å². The smallest absolute Gasteiger partial charge is 0.0548 e. The Morgan fingerprint density at radius 1 is 0.962 bits per heavy atom. The molecule has 3 N–H and O–H groups in total. The van der Waals surface area contributed by atoms with E-state index < -0.39 is 0 Å². The fraction of sp³-hybridized carbons (Fsp3) is 0.667. The number of rotatable bonds is 1. The van der Waals surface area contributed by atoms with Crippen molar-refractivity contribution in [3.63, 3.8) is 0 Å². The summed E-state index contributed by atoms with van der Waals surface area (Å²) in [6.45, 7) is 12.9. The fourth-order valence-electron chi connectivity index (χ4n) is 2.88. The van der Waals surface area contributed by atoms with E-state index in [9.17, 15) is 5.11 Å². The van der Waals surface area contributed by atoms with Crippen LogP contribution in [0.15, 0.2) is 12.1 Å². The first-order valence-electron chi connectivity index (χ1n) is 9.11. The van der Waals surface area contributed by atoms with Gasteiger partial charge in [-0.2, -0.15) is 12.1 Å². The molecule has 3 nitrogen and oxygen atoms in total. The Hall–Kier alpha value is -0.381. The van der Waals surface area contributed by atoms with Gasteiger partial charge in [-0.05, 0) is 0 Å². The molecular weight excluding hydrogens is 387 g/mol. The van der Waals surface area contributed by atoms with E-state index in [0.717, 1.165) is 24.0 Å². The second-order valence-corrected chi connectivity index (χ2v) is 9.41. The minimum absolute atomic E-state index is 0. The van der Waals surface area contributed by atoms with Gasteiger partial charge in [-0.25, -0.2) is 0 Å². The van der Waals surface area contributed by atoms with Crippen molar-refractivity contribution in [3.8, 4) is 5.75 Å². The fourth-order valence-corrected chi connectivity index (χ4v) is 3.14. The Morgan fingerprint density at radius 2 is 1.42 bits per heavy atom. The Balaban J connectivity index is 0.000000583. The van der Waals surface area contributed by atoms with E-state index in [-0.39, 0.29) is 35.3 Å². The maximum Gasteiger partial charge on any atom is -0.0548 e. The van der Waals surface area contributed by atoms with Crippen LogP contribution in [0.5, 0.6) is 5.75 Å². The topological polar surface area (TPSA) is 67.8 Å². The molecule has 2 rings (SSSR count). The van der Waals surface area contributed by atoms with Crippen molar-refractivity contribution in [2.75, 3.05) is 0 Å². The average molecular weight is 422 g/mol. The molecule has 0 aliphatic heterocycles. The van der Waals surface area contributed by atoms with Gasteiger partial charge in [0, 0.05) is 0 Å². The summed E-state index contributed by atoms with van der Waals surface area (Å²) in [7, 11) is 0. The van der Waals surface area contributed by atoms with E-state index in [2.05, 4.69) is 63.2 Å². The van der Waals surface area contributed by atoms with Crippen LogP contribution in [0.1, 0.15) is 83.9 Å². The van der Waals surface area contributed by atoms with Gasteiger partial charge in [0.15, 0.2) is 0 Å². The summed E-state index contributed by atoms with van der Waals surface area (Å²) in [4.78, 5) is 1.78. The second kappa shape index (κ2) is 10.2. The van der Waals surface area contributed by atoms with Gasteiger partial charge in [0.1, 0.15) is 0 Å². The van der Waals surface area contributed by atoms with Gasteiger partial charge in [-0.3, -0.25) is 0 Å². The van der Waals surface area contributed by atoms with E-state index in [1.807, 2.05) is 6.07 Å². The SMILES string of the molecule is CC(C)(C)c1cc([CH]=[Mn])c(O)c(C(C)(C)C)c1.Cl.[NH-]C1CCCCC1[NH-]. The van der Waals surface area contributed by atoms with Crippen LogP contribution in [0.3, 0.4) is 0 Å². The standard InChI is InChI=1S/C15H22O.C6H12N2.ClH.Mn/c1-10-8-11(14(2,3)4)9-12(13(10)16)15(5,6)7;7-5-3-1-2-4-6(5)8;;/h1,8-9,16H,2-7H3;5-8H,1-4H2;1H;/q;-2;;. The van der Waals surface area contributed by atoms with Crippen molar-refractivity contribution in [1.82, 2.24) is 0 Å². The van der Waals surface area contributed by atoms with Crippen molar-refractivity contribution in [2.24, 2.45) is 0 Å². The summed E-state index contributed by atoms with van der Waals surface area (Å²) in [5, 5.41) is 10.3. The van der Waals surface area contributed by atoms with E-state index in [1.165, 1.54) is 18.4 Å². The molecule has 151 valence electrons. The zero-order valence-electron chi connectivity index (χ0n) is 16.9. The van der Waals surface area contributed by atoms with E-state index in [0.29, 0.717) is 5.75 Å². The minimum atomic E-state index is -0.0799. The van der Waals surface area contributed by atoms with Gasteiger partial charge < -0.3 is 11.5 Å². The number of aromatic hydroxyl groups is 1. The van der Waals surface area contributed by atoms with Gasteiger partial charge in [0.2, 0.25) is 0 Å². The third-order valence-corrected chi connectivity index (χ3v) is 5.06. The predicted octanol–water partition coefficient (Wildman–Crippen LogP) is 6.51.